The number of nitrogens with one attached hydrogen (secondary N) is 2. The van der Waals surface area contributed by atoms with Gasteiger partial charge >= 0.3 is 0 Å². The molecule has 0 saturated carbocycles. The van der Waals surface area contributed by atoms with Crippen LogP contribution in [0.3, 0.4) is 0 Å². The Hall–Kier alpha value is -5.71. The fraction of sp³-hybridized carbons (Fsp3) is 0.525. The molecule has 300 valence electrons. The van der Waals surface area contributed by atoms with Gasteiger partial charge in [0.15, 0.2) is 0 Å². The first-order valence-corrected chi connectivity index (χ1v) is 20.0. The number of nitrogens with zero attached hydrogens (tertiary/aromatic N) is 8. The Morgan fingerprint density at radius 1 is 0.912 bits per heavy atom. The highest BCUT2D eigenvalue weighted by atomic mass is 16.2. The Balaban J connectivity index is 0.789. The number of aromatic nitrogens is 4. The van der Waals surface area contributed by atoms with Crippen molar-refractivity contribution in [2.45, 2.75) is 69.9 Å². The predicted octanol–water partition coefficient (Wildman–Crippen LogP) is 1.01. The predicted molar refractivity (Wildman–Crippen MR) is 207 cm³/mol. The summed E-state index contributed by atoms with van der Waals surface area (Å²) in [5.41, 5.74) is 8.65. The molecule has 0 bridgehead atoms. The first kappa shape index (κ1) is 38.2. The number of carbonyl (C=O) groups excluding carboxylic acids is 6. The van der Waals surface area contributed by atoms with Crippen molar-refractivity contribution >= 4 is 46.9 Å². The van der Waals surface area contributed by atoms with Crippen molar-refractivity contribution in [3.8, 4) is 0 Å². The smallest absolute Gasteiger partial charge is 0.269 e. The van der Waals surface area contributed by atoms with Crippen molar-refractivity contribution in [1.29, 1.82) is 0 Å². The first-order chi connectivity index (χ1) is 27.5. The van der Waals surface area contributed by atoms with Gasteiger partial charge in [-0.05, 0) is 87.7 Å². The van der Waals surface area contributed by atoms with Crippen molar-refractivity contribution in [2.75, 3.05) is 55.6 Å². The van der Waals surface area contributed by atoms with E-state index < -0.39 is 35.6 Å². The van der Waals surface area contributed by atoms with E-state index in [-0.39, 0.29) is 42.0 Å². The Kier molecular flexibility index (Phi) is 10.7. The molecule has 7 heterocycles. The number of nitrogens with two attached hydrogens (primary N) is 1. The van der Waals surface area contributed by atoms with Gasteiger partial charge in [0.1, 0.15) is 17.6 Å². The lowest BCUT2D eigenvalue weighted by atomic mass is 9.91. The third kappa shape index (κ3) is 8.10. The van der Waals surface area contributed by atoms with E-state index in [2.05, 4.69) is 35.4 Å². The molecule has 6 amide bonds. The summed E-state index contributed by atoms with van der Waals surface area (Å²) in [6.45, 7) is 5.78. The van der Waals surface area contributed by atoms with Gasteiger partial charge in [0.2, 0.25) is 17.7 Å². The second-order valence-electron chi connectivity index (χ2n) is 16.1. The Morgan fingerprint density at radius 2 is 1.68 bits per heavy atom. The lowest BCUT2D eigenvalue weighted by Crippen LogP contribution is -2.54. The minimum atomic E-state index is -0.979. The number of fused-ring (bicyclic) bond motifs is 1. The normalized spacial score (nSPS) is 22.5. The molecule has 3 aromatic rings. The molecule has 17 nitrogen and oxygen atoms in total. The van der Waals surface area contributed by atoms with Gasteiger partial charge in [0, 0.05) is 76.5 Å². The van der Waals surface area contributed by atoms with E-state index in [1.165, 1.54) is 0 Å². The van der Waals surface area contributed by atoms with Crippen LogP contribution in [0.15, 0.2) is 36.8 Å². The molecule has 0 spiro atoms. The number of hydrogen-bond acceptors (Lipinski definition) is 12. The first-order valence-electron chi connectivity index (χ1n) is 20.0. The monoisotopic (exact) mass is 779 g/mol. The van der Waals surface area contributed by atoms with Gasteiger partial charge < -0.3 is 25.8 Å². The molecule has 2 atom stereocenters. The van der Waals surface area contributed by atoms with E-state index in [4.69, 9.17) is 10.7 Å². The largest absolute Gasteiger partial charge is 0.371 e. The van der Waals surface area contributed by atoms with Crippen LogP contribution in [0.2, 0.25) is 0 Å². The second kappa shape index (κ2) is 16.0. The maximum atomic E-state index is 13.5. The van der Waals surface area contributed by atoms with Crippen LogP contribution in [0, 0.1) is 11.8 Å². The zero-order valence-corrected chi connectivity index (χ0v) is 32.2. The number of benzene rings is 1. The van der Waals surface area contributed by atoms with E-state index in [1.807, 2.05) is 19.3 Å². The van der Waals surface area contributed by atoms with Crippen LogP contribution < -0.4 is 26.2 Å². The molecule has 1 aromatic carbocycles. The molecular formula is C40H49N11O6. The fourth-order valence-electron chi connectivity index (χ4n) is 9.05. The third-order valence-corrected chi connectivity index (χ3v) is 12.2. The molecule has 17 heteroatoms. The van der Waals surface area contributed by atoms with Crippen LogP contribution in [0.5, 0.6) is 0 Å². The molecular weight excluding hydrogens is 731 g/mol. The van der Waals surface area contributed by atoms with Gasteiger partial charge in [-0.2, -0.15) is 5.10 Å². The SMILES string of the molecule is Cn1cc(Cc2nc(N3CCCC(NC(=O)C4CCN(CC5CCN(c6ccc7c(c6)C(=O)N(C6CCC(=O)NC6=O)C7=O)CC5)CC4)C3)cnc2C(N)=O)cn1. The van der Waals surface area contributed by atoms with Crippen LogP contribution in [0.4, 0.5) is 11.5 Å². The van der Waals surface area contributed by atoms with Gasteiger partial charge in [-0.15, -0.1) is 0 Å². The average molecular weight is 780 g/mol. The second-order valence-corrected chi connectivity index (χ2v) is 16.1. The van der Waals surface area contributed by atoms with Gasteiger partial charge in [-0.3, -0.25) is 43.7 Å². The Labute approximate surface area is 330 Å². The highest BCUT2D eigenvalue weighted by molar-refractivity contribution is 6.23. The van der Waals surface area contributed by atoms with Crippen LogP contribution in [0.1, 0.15) is 93.8 Å². The molecule has 0 radical (unpaired) electrons. The van der Waals surface area contributed by atoms with Crippen molar-refractivity contribution in [2.24, 2.45) is 24.6 Å². The van der Waals surface area contributed by atoms with Crippen molar-refractivity contribution in [3.63, 3.8) is 0 Å². The summed E-state index contributed by atoms with van der Waals surface area (Å²) < 4.78 is 1.70. The van der Waals surface area contributed by atoms with E-state index in [1.54, 1.807) is 29.2 Å². The van der Waals surface area contributed by atoms with Crippen LogP contribution in [-0.4, -0.2) is 123 Å². The fourth-order valence-corrected chi connectivity index (χ4v) is 9.05. The zero-order chi connectivity index (χ0) is 39.8. The Bertz CT molecular complexity index is 2090. The summed E-state index contributed by atoms with van der Waals surface area (Å²) in [6.07, 6.45) is 11.2. The molecule has 2 aromatic heterocycles. The maximum absolute atomic E-state index is 13.5. The molecule has 4 saturated heterocycles. The summed E-state index contributed by atoms with van der Waals surface area (Å²) in [4.78, 5) is 93.1. The number of carbonyl (C=O) groups is 6. The quantitative estimate of drug-likeness (QED) is 0.247. The lowest BCUT2D eigenvalue weighted by molar-refractivity contribution is -0.136. The molecule has 5 aliphatic rings. The Morgan fingerprint density at radius 3 is 2.40 bits per heavy atom. The summed E-state index contributed by atoms with van der Waals surface area (Å²) in [5, 5.41) is 9.78. The van der Waals surface area contributed by atoms with Crippen LogP contribution in [0.25, 0.3) is 0 Å². The van der Waals surface area contributed by atoms with Gasteiger partial charge in [0.05, 0.1) is 29.2 Å². The summed E-state index contributed by atoms with van der Waals surface area (Å²) >= 11 is 0. The molecule has 2 unspecified atom stereocenters. The highest BCUT2D eigenvalue weighted by Crippen LogP contribution is 2.33. The number of imide groups is 2. The number of hydrogen-bond donors (Lipinski definition) is 3. The third-order valence-electron chi connectivity index (χ3n) is 12.2. The molecule has 4 fully saturated rings. The molecule has 5 aliphatic heterocycles. The average Bonchev–Trinajstić information content (AvgIpc) is 3.73. The van der Waals surface area contributed by atoms with Crippen molar-refractivity contribution < 1.29 is 28.8 Å². The highest BCUT2D eigenvalue weighted by Gasteiger charge is 2.45. The van der Waals surface area contributed by atoms with Crippen LogP contribution in [-0.2, 0) is 27.9 Å². The summed E-state index contributed by atoms with van der Waals surface area (Å²) in [5.74, 6) is -1.36. The van der Waals surface area contributed by atoms with E-state index >= 15 is 0 Å². The maximum Gasteiger partial charge on any atom is 0.269 e. The van der Waals surface area contributed by atoms with Crippen molar-refractivity contribution in [3.05, 3.63) is 64.9 Å². The number of anilines is 2. The number of aryl methyl sites for hydroxylation is 1. The summed E-state index contributed by atoms with van der Waals surface area (Å²) in [6, 6.07) is 4.32. The topological polar surface area (TPSA) is 209 Å². The summed E-state index contributed by atoms with van der Waals surface area (Å²) in [7, 11) is 1.83. The minimum Gasteiger partial charge on any atom is -0.371 e. The van der Waals surface area contributed by atoms with E-state index in [9.17, 15) is 28.8 Å². The van der Waals surface area contributed by atoms with Crippen molar-refractivity contribution in [1.82, 2.24) is 40.2 Å². The molecule has 0 aliphatic carbocycles. The van der Waals surface area contributed by atoms with Crippen LogP contribution >= 0.6 is 0 Å². The number of primary amides is 1. The standard InChI is InChI=1S/C40H49N11O6/c1-47-21-25(19-43-47)17-31-35(36(41)53)42-20-33(45-31)50-12-2-3-27(23-50)44-37(54)26-10-13-48(14-11-26)22-24-8-15-49(16-9-24)28-4-5-29-30(18-28)40(57)51(39(29)56)32-6-7-34(52)46-38(32)55/h4-5,18-21,24,26-27,32H,2-3,6-17,22-23H2,1H3,(H2,41,53)(H,44,54)(H,46,52,55). The van der Waals surface area contributed by atoms with Gasteiger partial charge in [-0.25, -0.2) is 9.97 Å². The number of piperidine rings is 4. The van der Waals surface area contributed by atoms with Gasteiger partial charge in [0.25, 0.3) is 17.7 Å². The van der Waals surface area contributed by atoms with E-state index in [0.717, 1.165) is 93.9 Å². The minimum absolute atomic E-state index is 0.0117. The molecule has 57 heavy (non-hydrogen) atoms. The number of amides is 6. The van der Waals surface area contributed by atoms with Gasteiger partial charge in [-0.1, -0.05) is 0 Å². The zero-order valence-electron chi connectivity index (χ0n) is 32.2. The molecule has 8 rings (SSSR count). The lowest BCUT2D eigenvalue weighted by Gasteiger charge is -2.39. The number of rotatable bonds is 10. The molecule has 4 N–H and O–H groups in total. The number of likely N-dealkylation sites (tertiary alicyclic amines) is 1. The van der Waals surface area contributed by atoms with E-state index in [0.29, 0.717) is 36.0 Å².